The highest BCUT2D eigenvalue weighted by Crippen LogP contribution is 2.54. The first-order valence-electron chi connectivity index (χ1n) is 10.1. The number of carbonyl (C=O) groups is 3. The van der Waals surface area contributed by atoms with Crippen LogP contribution in [0.5, 0.6) is 0 Å². The van der Waals surface area contributed by atoms with Crippen molar-refractivity contribution >= 4 is 29.3 Å². The molecule has 2 fully saturated rings. The van der Waals surface area contributed by atoms with Crippen molar-refractivity contribution in [2.45, 2.75) is 18.9 Å². The van der Waals surface area contributed by atoms with Crippen molar-refractivity contribution in [3.63, 3.8) is 0 Å². The van der Waals surface area contributed by atoms with E-state index in [1.807, 2.05) is 18.2 Å². The number of anilines is 1. The molecule has 3 amide bonds. The minimum atomic E-state index is -1.05. The van der Waals surface area contributed by atoms with Crippen LogP contribution in [0.3, 0.4) is 0 Å². The number of rotatable bonds is 6. The summed E-state index contributed by atoms with van der Waals surface area (Å²) in [6, 6.07) is 10.2. The third kappa shape index (κ3) is 3.13. The molecule has 5 atom stereocenters. The first-order chi connectivity index (χ1) is 14.9. The second-order valence-corrected chi connectivity index (χ2v) is 8.11. The molecule has 1 saturated carbocycles. The number of nitrogens with one attached hydrogen (secondary N) is 1. The minimum absolute atomic E-state index is 0.0150. The van der Waals surface area contributed by atoms with Crippen molar-refractivity contribution in [3.8, 4) is 0 Å². The van der Waals surface area contributed by atoms with E-state index < -0.39 is 34.6 Å². The second-order valence-electron chi connectivity index (χ2n) is 8.11. The first-order valence-corrected chi connectivity index (χ1v) is 10.1. The smallest absolute Gasteiger partial charge is 0.404 e. The molecular weight excluding hydrogens is 402 g/mol. The van der Waals surface area contributed by atoms with E-state index in [2.05, 4.69) is 5.32 Å². The molecule has 5 unspecified atom stereocenters. The number of hydrogen-bond donors (Lipinski definition) is 1. The Morgan fingerprint density at radius 3 is 2.32 bits per heavy atom. The maximum Gasteiger partial charge on any atom is 0.433 e. The largest absolute Gasteiger partial charge is 0.433 e. The van der Waals surface area contributed by atoms with E-state index in [0.29, 0.717) is 5.69 Å². The van der Waals surface area contributed by atoms with Crippen LogP contribution < -0.4 is 5.32 Å². The van der Waals surface area contributed by atoms with Crippen LogP contribution in [0.4, 0.5) is 11.6 Å². The van der Waals surface area contributed by atoms with Gasteiger partial charge in [0.15, 0.2) is 0 Å². The number of amides is 3. The third-order valence-corrected chi connectivity index (χ3v) is 6.37. The zero-order valence-electron chi connectivity index (χ0n) is 16.3. The number of para-hydroxylation sites is 1. The van der Waals surface area contributed by atoms with Gasteiger partial charge in [0.25, 0.3) is 0 Å². The number of nitrogens with zero attached hydrogens (tertiary/aromatic N) is 2. The van der Waals surface area contributed by atoms with Crippen LogP contribution in [0.1, 0.15) is 24.6 Å². The van der Waals surface area contributed by atoms with E-state index in [-0.39, 0.29) is 35.8 Å². The van der Waals surface area contributed by atoms with E-state index in [1.165, 1.54) is 6.07 Å². The van der Waals surface area contributed by atoms with Crippen molar-refractivity contribution in [1.29, 1.82) is 0 Å². The summed E-state index contributed by atoms with van der Waals surface area (Å²) in [5.41, 5.74) is 0.565. The van der Waals surface area contributed by atoms with Crippen molar-refractivity contribution < 1.29 is 23.7 Å². The Labute approximate surface area is 176 Å². The maximum absolute atomic E-state index is 13.2. The van der Waals surface area contributed by atoms with Gasteiger partial charge in [-0.05, 0) is 36.5 Å². The Morgan fingerprint density at radius 2 is 1.74 bits per heavy atom. The van der Waals surface area contributed by atoms with Crippen molar-refractivity contribution in [2.24, 2.45) is 23.7 Å². The van der Waals surface area contributed by atoms with E-state index in [4.69, 9.17) is 4.42 Å². The van der Waals surface area contributed by atoms with Crippen molar-refractivity contribution in [1.82, 2.24) is 4.90 Å². The lowest BCUT2D eigenvalue weighted by Crippen LogP contribution is -2.38. The molecule has 1 N–H and O–H groups in total. The highest BCUT2D eigenvalue weighted by atomic mass is 16.6. The molecule has 0 spiro atoms. The lowest BCUT2D eigenvalue weighted by atomic mass is 9.85. The number of carbonyl (C=O) groups excluding carboxylic acids is 3. The van der Waals surface area contributed by atoms with Gasteiger partial charge in [-0.2, -0.15) is 0 Å². The summed E-state index contributed by atoms with van der Waals surface area (Å²) in [6.45, 7) is 0. The highest BCUT2D eigenvalue weighted by Gasteiger charge is 2.61. The Balaban J connectivity index is 1.45. The van der Waals surface area contributed by atoms with Gasteiger partial charge in [0.05, 0.1) is 24.3 Å². The van der Waals surface area contributed by atoms with Gasteiger partial charge in [-0.25, -0.2) is 0 Å². The predicted octanol–water partition coefficient (Wildman–Crippen LogP) is 3.06. The van der Waals surface area contributed by atoms with Crippen LogP contribution in [-0.2, 0) is 14.4 Å². The summed E-state index contributed by atoms with van der Waals surface area (Å²) in [5, 5.41) is 13.8. The monoisotopic (exact) mass is 421 g/mol. The molecule has 1 aliphatic heterocycles. The molecule has 2 aliphatic carbocycles. The molecule has 1 saturated heterocycles. The van der Waals surface area contributed by atoms with E-state index in [0.717, 1.165) is 17.4 Å². The maximum atomic E-state index is 13.2. The fraction of sp³-hybridized carbons (Fsp3) is 0.318. The van der Waals surface area contributed by atoms with E-state index in [9.17, 15) is 24.5 Å². The van der Waals surface area contributed by atoms with Gasteiger partial charge in [-0.3, -0.25) is 29.4 Å². The van der Waals surface area contributed by atoms with Gasteiger partial charge in [-0.15, -0.1) is 0 Å². The molecule has 2 aromatic rings. The van der Waals surface area contributed by atoms with Gasteiger partial charge >= 0.3 is 5.88 Å². The molecule has 9 heteroatoms. The summed E-state index contributed by atoms with van der Waals surface area (Å²) < 4.78 is 5.32. The summed E-state index contributed by atoms with van der Waals surface area (Å²) >= 11 is 0. The van der Waals surface area contributed by atoms with Crippen LogP contribution in [0.2, 0.25) is 0 Å². The summed E-state index contributed by atoms with van der Waals surface area (Å²) in [6.07, 6.45) is 4.48. The zero-order valence-corrected chi connectivity index (χ0v) is 16.3. The van der Waals surface area contributed by atoms with Crippen molar-refractivity contribution in [3.05, 3.63) is 70.5 Å². The summed E-state index contributed by atoms with van der Waals surface area (Å²) in [7, 11) is 0. The molecule has 9 nitrogen and oxygen atoms in total. The predicted molar refractivity (Wildman–Crippen MR) is 107 cm³/mol. The average Bonchev–Trinajstić information content (AvgIpc) is 3.51. The third-order valence-electron chi connectivity index (χ3n) is 6.37. The molecule has 1 aromatic heterocycles. The van der Waals surface area contributed by atoms with Gasteiger partial charge in [-0.1, -0.05) is 30.4 Å². The molecule has 31 heavy (non-hydrogen) atoms. The molecule has 2 bridgehead atoms. The molecule has 1 aromatic carbocycles. The van der Waals surface area contributed by atoms with Crippen LogP contribution >= 0.6 is 0 Å². The van der Waals surface area contributed by atoms with Gasteiger partial charge in [0.2, 0.25) is 17.7 Å². The van der Waals surface area contributed by atoms with Gasteiger partial charge in [0.1, 0.15) is 16.7 Å². The normalized spacial score (nSPS) is 26.9. The molecule has 158 valence electrons. The molecule has 2 heterocycles. The SMILES string of the molecule is O=C(CC(c1ccc([N+](=O)[O-])o1)N1C(=O)C2C3C=CC(C3)C2C1=O)Nc1ccccc1. The van der Waals surface area contributed by atoms with Crippen LogP contribution in [-0.4, -0.2) is 27.5 Å². The first kappa shape index (κ1) is 19.2. The van der Waals surface area contributed by atoms with E-state index >= 15 is 0 Å². The summed E-state index contributed by atoms with van der Waals surface area (Å²) in [5.74, 6) is -2.44. The number of nitro groups is 1. The lowest BCUT2D eigenvalue weighted by Gasteiger charge is -2.25. The number of hydrogen-bond acceptors (Lipinski definition) is 6. The highest BCUT2D eigenvalue weighted by molar-refractivity contribution is 6.07. The second kappa shape index (κ2) is 7.19. The fourth-order valence-corrected chi connectivity index (χ4v) is 5.08. The number of benzene rings is 1. The summed E-state index contributed by atoms with van der Waals surface area (Å²) in [4.78, 5) is 50.7. The van der Waals surface area contributed by atoms with Crippen LogP contribution in [0.15, 0.2) is 59.0 Å². The average molecular weight is 421 g/mol. The van der Waals surface area contributed by atoms with Gasteiger partial charge < -0.3 is 9.73 Å². The number of likely N-dealkylation sites (tertiary alicyclic amines) is 1. The Kier molecular flexibility index (Phi) is 4.46. The molecule has 5 rings (SSSR count). The van der Waals surface area contributed by atoms with E-state index in [1.54, 1.807) is 24.3 Å². The molecular formula is C22H19N3O6. The number of imide groups is 1. The topological polar surface area (TPSA) is 123 Å². The van der Waals surface area contributed by atoms with Gasteiger partial charge in [0, 0.05) is 5.69 Å². The molecule has 0 radical (unpaired) electrons. The lowest BCUT2D eigenvalue weighted by molar-refractivity contribution is -0.402. The van der Waals surface area contributed by atoms with Crippen LogP contribution in [0.25, 0.3) is 0 Å². The Bertz CT molecular complexity index is 1080. The number of fused-ring (bicyclic) bond motifs is 5. The number of allylic oxidation sites excluding steroid dienone is 2. The molecule has 3 aliphatic rings. The zero-order chi connectivity index (χ0) is 21.7. The standard InChI is InChI=1S/C22H19N3O6/c26-17(23-14-4-2-1-3-5-14)11-15(16-8-9-18(31-16)25(29)30)24-21(27)19-12-6-7-13(10-12)20(19)22(24)28/h1-9,12-13,15,19-20H,10-11H2,(H,23,26). The van der Waals surface area contributed by atoms with Crippen molar-refractivity contribution in [2.75, 3.05) is 5.32 Å². The quantitative estimate of drug-likeness (QED) is 0.331. The Morgan fingerprint density at radius 1 is 1.10 bits per heavy atom. The van der Waals surface area contributed by atoms with Crippen LogP contribution in [0, 0.1) is 33.8 Å². The Hall–Kier alpha value is -3.75. The fourth-order valence-electron chi connectivity index (χ4n) is 5.08. The minimum Gasteiger partial charge on any atom is -0.404 e. The number of furan rings is 1.